The van der Waals surface area contributed by atoms with Gasteiger partial charge in [0.2, 0.25) is 5.82 Å². The van der Waals surface area contributed by atoms with Crippen molar-refractivity contribution >= 4 is 87.0 Å². The molecule has 0 atom stereocenters. The Morgan fingerprint density at radius 1 is 0.620 bits per heavy atom. The first-order chi connectivity index (χ1) is 33.4. The van der Waals surface area contributed by atoms with Gasteiger partial charge in [-0.25, -0.2) is 26.2 Å². The molecule has 0 saturated carbocycles. The van der Waals surface area contributed by atoms with Crippen LogP contribution in [0, 0.1) is 25.2 Å². The highest BCUT2D eigenvalue weighted by molar-refractivity contribution is 7.92. The van der Waals surface area contributed by atoms with Crippen LogP contribution in [0.15, 0.2) is 96.2 Å². The van der Waals surface area contributed by atoms with Crippen molar-refractivity contribution in [2.45, 2.75) is 36.5 Å². The molecule has 2 aromatic carbocycles. The third-order valence-corrected chi connectivity index (χ3v) is 15.1. The summed E-state index contributed by atoms with van der Waals surface area (Å²) in [7, 11) is -16.5. The number of aliphatic imine (C=N–C) groups is 1. The van der Waals surface area contributed by atoms with Crippen molar-refractivity contribution in [2.75, 3.05) is 34.5 Å². The number of aryl methyl sites for hydroxylation is 2. The molecule has 0 amide bonds. The summed E-state index contributed by atoms with van der Waals surface area (Å²) in [5, 5.41) is 54.6. The molecule has 0 fully saturated rings. The molecule has 0 aliphatic heterocycles. The monoisotopic (exact) mass is 1050 g/mol. The number of nitrogens with two attached hydrogens (primary N) is 2. The summed E-state index contributed by atoms with van der Waals surface area (Å²) in [5.41, 5.74) is 14.0. The number of hydrogen-bond donors (Lipinski definition) is 5. The predicted octanol–water partition coefficient (Wildman–Crippen LogP) is 3.24. The minimum Gasteiger partial charge on any atom is -0.479 e. The van der Waals surface area contributed by atoms with Gasteiger partial charge in [0.05, 0.1) is 68.0 Å². The third kappa shape index (κ3) is 11.3. The maximum atomic E-state index is 12.8. The summed E-state index contributed by atoms with van der Waals surface area (Å²) in [6.07, 6.45) is 1.88. The number of sulfone groups is 2. The Balaban J connectivity index is 1.13. The van der Waals surface area contributed by atoms with E-state index < -0.39 is 68.9 Å². The molecule has 0 spiro atoms. The maximum Gasteiger partial charge on any atom is 0.320 e. The van der Waals surface area contributed by atoms with Gasteiger partial charge in [0, 0.05) is 0 Å². The van der Waals surface area contributed by atoms with Crippen LogP contribution in [0.25, 0.3) is 23.3 Å². The number of nitrogens with zero attached hydrogens (tertiary/aromatic N) is 17. The van der Waals surface area contributed by atoms with E-state index in [2.05, 4.69) is 67.5 Å². The van der Waals surface area contributed by atoms with Crippen molar-refractivity contribution < 1.29 is 47.9 Å². The van der Waals surface area contributed by atoms with E-state index in [1.807, 2.05) is 6.07 Å². The molecule has 7 rings (SSSR count). The standard InChI is InChI=1S/C37H37N19O11S4/c1-21-29(47-49-33-23(18-38)19-42-53(33)24-6-10-26(11-7-24)68(58,59)14-4-16-70(62,63)64)31(39)55(51-21)35-44-36(46-37(57)45-35)56-32(40)30(22(2)52-56)48-50-34-28(41-3)20-43-54(34)25-8-12-27(13-9-25)69(60,61)15-5-17-71(65,66)67/h6-13,19-20H,3-5,14-17,39-40H2,1-2H3,(H,62,63,64)(H,65,66,67)(H,44,45,46,57). The number of anilines is 2. The molecule has 370 valence electrons. The molecule has 0 saturated heterocycles. The summed E-state index contributed by atoms with van der Waals surface area (Å²) in [5.74, 6) is -3.57. The van der Waals surface area contributed by atoms with Crippen LogP contribution in [0.2, 0.25) is 0 Å². The average Bonchev–Trinajstić information content (AvgIpc) is 4.06. The smallest absolute Gasteiger partial charge is 0.320 e. The van der Waals surface area contributed by atoms with E-state index in [0.29, 0.717) is 5.69 Å². The lowest BCUT2D eigenvalue weighted by atomic mass is 10.3. The lowest BCUT2D eigenvalue weighted by molar-refractivity contribution is 0.423. The second-order valence-electron chi connectivity index (χ2n) is 14.8. The van der Waals surface area contributed by atoms with Crippen LogP contribution in [0.5, 0.6) is 6.01 Å². The highest BCUT2D eigenvalue weighted by Crippen LogP contribution is 2.36. The lowest BCUT2D eigenvalue weighted by Gasteiger charge is -2.07. The molecule has 30 nitrogen and oxygen atoms in total. The molecular weight excluding hydrogens is 1010 g/mol. The molecule has 7 aromatic rings. The zero-order valence-electron chi connectivity index (χ0n) is 36.7. The minimum atomic E-state index is -4.35. The van der Waals surface area contributed by atoms with Gasteiger partial charge >= 0.3 is 6.01 Å². The van der Waals surface area contributed by atoms with E-state index in [-0.39, 0.29) is 97.5 Å². The molecule has 0 aliphatic carbocycles. The predicted molar refractivity (Wildman–Crippen MR) is 250 cm³/mol. The van der Waals surface area contributed by atoms with Gasteiger partial charge in [-0.2, -0.15) is 66.8 Å². The molecule has 0 radical (unpaired) electrons. The molecule has 7 N–H and O–H groups in total. The van der Waals surface area contributed by atoms with E-state index in [4.69, 9.17) is 20.6 Å². The van der Waals surface area contributed by atoms with Crippen molar-refractivity contribution in [1.82, 2.24) is 54.1 Å². The first kappa shape index (κ1) is 50.6. The molecular formula is C37H37N19O11S4. The summed E-state index contributed by atoms with van der Waals surface area (Å²) >= 11 is 0. The van der Waals surface area contributed by atoms with E-state index in [1.54, 1.807) is 0 Å². The van der Waals surface area contributed by atoms with Crippen LogP contribution >= 0.6 is 0 Å². The number of benzene rings is 2. The molecule has 5 heterocycles. The first-order valence-electron chi connectivity index (χ1n) is 20.0. The van der Waals surface area contributed by atoms with Gasteiger partial charge < -0.3 is 16.6 Å². The number of rotatable bonds is 19. The van der Waals surface area contributed by atoms with Crippen LogP contribution in [0.1, 0.15) is 29.8 Å². The summed E-state index contributed by atoms with van der Waals surface area (Å²) in [6.45, 7) is 6.60. The Morgan fingerprint density at radius 2 is 1.04 bits per heavy atom. The zero-order valence-corrected chi connectivity index (χ0v) is 40.0. The van der Waals surface area contributed by atoms with Gasteiger partial charge in [-0.05, 0) is 81.9 Å². The highest BCUT2D eigenvalue weighted by Gasteiger charge is 2.24. The molecule has 71 heavy (non-hydrogen) atoms. The summed E-state index contributed by atoms with van der Waals surface area (Å²) in [4.78, 5) is 15.9. The van der Waals surface area contributed by atoms with E-state index >= 15 is 0 Å². The summed E-state index contributed by atoms with van der Waals surface area (Å²) < 4.78 is 118. The van der Waals surface area contributed by atoms with Crippen LogP contribution in [-0.4, -0.2) is 132 Å². The fraction of sp³-hybridized carbons (Fsp3) is 0.216. The number of hydrogen-bond acceptors (Lipinski definition) is 24. The van der Waals surface area contributed by atoms with Crippen LogP contribution < -0.4 is 11.5 Å². The zero-order chi connectivity index (χ0) is 51.6. The fourth-order valence-electron chi connectivity index (χ4n) is 6.47. The lowest BCUT2D eigenvalue weighted by Crippen LogP contribution is -2.13. The van der Waals surface area contributed by atoms with Crippen molar-refractivity contribution in [3.05, 3.63) is 77.9 Å². The Morgan fingerprint density at radius 3 is 1.46 bits per heavy atom. The van der Waals surface area contributed by atoms with Gasteiger partial charge in [-0.3, -0.25) is 14.1 Å². The topological polar surface area (TPSA) is 445 Å². The van der Waals surface area contributed by atoms with Crippen LogP contribution in [0.3, 0.4) is 0 Å². The normalized spacial score (nSPS) is 12.5. The van der Waals surface area contributed by atoms with Gasteiger partial charge in [0.15, 0.2) is 48.5 Å². The molecule has 0 bridgehead atoms. The van der Waals surface area contributed by atoms with E-state index in [9.17, 15) is 44.0 Å². The maximum absolute atomic E-state index is 12.8. The largest absolute Gasteiger partial charge is 0.479 e. The number of azo groups is 2. The van der Waals surface area contributed by atoms with Crippen molar-refractivity contribution in [1.29, 1.82) is 5.26 Å². The molecule has 34 heteroatoms. The number of nitriles is 1. The molecule has 0 unspecified atom stereocenters. The Labute approximate surface area is 402 Å². The highest BCUT2D eigenvalue weighted by atomic mass is 32.2. The fourth-order valence-corrected chi connectivity index (χ4v) is 10.5. The van der Waals surface area contributed by atoms with Gasteiger partial charge in [-0.1, -0.05) is 0 Å². The van der Waals surface area contributed by atoms with Crippen LogP contribution in [0.4, 0.5) is 40.3 Å². The number of aromatic nitrogens is 11. The SMILES string of the molecule is C=Nc1cnn(-c2ccc(S(=O)(=O)CCCS(=O)(=O)O)cc2)c1N=Nc1c(C)nn(-c2nc(O)nc(-n3nc(C)c(N=Nc4c(C#N)cnn4-c4ccc(S(=O)(=O)CCCS(=O)(=O)O)cc4)c3N)n2)c1N. The second-order valence-corrected chi connectivity index (χ2v) is 22.2. The second kappa shape index (κ2) is 19.6. The van der Waals surface area contributed by atoms with E-state index in [1.165, 1.54) is 84.1 Å². The average molecular weight is 1050 g/mol. The van der Waals surface area contributed by atoms with E-state index in [0.717, 1.165) is 9.36 Å². The third-order valence-electron chi connectivity index (χ3n) is 9.87. The van der Waals surface area contributed by atoms with Crippen molar-refractivity contribution in [3.8, 4) is 35.4 Å². The molecule has 0 aliphatic rings. The Bertz CT molecular complexity index is 3780. The summed E-state index contributed by atoms with van der Waals surface area (Å²) in [6, 6.07) is 11.8. The number of aromatic hydroxyl groups is 1. The minimum absolute atomic E-state index is 0.0171. The van der Waals surface area contributed by atoms with Gasteiger partial charge in [0.1, 0.15) is 17.3 Å². The van der Waals surface area contributed by atoms with Crippen molar-refractivity contribution in [2.24, 2.45) is 25.4 Å². The Hall–Kier alpha value is -8.23. The Kier molecular flexibility index (Phi) is 14.0. The number of nitrogen functional groups attached to an aromatic ring is 2. The first-order valence-corrected chi connectivity index (χ1v) is 26.5. The van der Waals surface area contributed by atoms with Crippen molar-refractivity contribution in [3.63, 3.8) is 0 Å². The van der Waals surface area contributed by atoms with Gasteiger partial charge in [-0.15, -0.1) is 20.5 Å². The van der Waals surface area contributed by atoms with Crippen LogP contribution in [-0.2, 0) is 39.9 Å². The quantitative estimate of drug-likeness (QED) is 0.0441. The molecule has 5 aromatic heterocycles. The van der Waals surface area contributed by atoms with Gasteiger partial charge in [0.25, 0.3) is 32.1 Å².